The number of nitrogens with zero attached hydrogens (tertiary/aromatic N) is 3. The molecule has 1 saturated heterocycles. The molecule has 1 aliphatic rings. The molecular weight excluding hydrogens is 325 g/mol. The van der Waals surface area contributed by atoms with Crippen LogP contribution in [0.1, 0.15) is 39.0 Å². The number of halogens is 1. The van der Waals surface area contributed by atoms with E-state index in [2.05, 4.69) is 5.10 Å². The summed E-state index contributed by atoms with van der Waals surface area (Å²) in [6.07, 6.45) is 0.760. The standard InChI is InChI=1S/C18H22FN3OS/c1-12-17(13(2)21(3)20-12)18(23)22-9-8-16(24-11-10-22)14-6-4-5-7-15(14)19/h4-7,16H,8-11H2,1-3H3/t16-/m1/s1. The summed E-state index contributed by atoms with van der Waals surface area (Å²) in [7, 11) is 1.85. The van der Waals surface area contributed by atoms with Crippen molar-refractivity contribution in [3.8, 4) is 0 Å². The van der Waals surface area contributed by atoms with Crippen LogP contribution in [0.3, 0.4) is 0 Å². The fourth-order valence-corrected chi connectivity index (χ4v) is 4.45. The molecule has 0 radical (unpaired) electrons. The topological polar surface area (TPSA) is 38.1 Å². The van der Waals surface area contributed by atoms with Gasteiger partial charge >= 0.3 is 0 Å². The summed E-state index contributed by atoms with van der Waals surface area (Å²) in [5.74, 6) is 0.685. The number of amides is 1. The number of hydrogen-bond acceptors (Lipinski definition) is 3. The summed E-state index contributed by atoms with van der Waals surface area (Å²) in [4.78, 5) is 14.8. The number of rotatable bonds is 2. The van der Waals surface area contributed by atoms with Gasteiger partial charge in [0.05, 0.1) is 11.3 Å². The van der Waals surface area contributed by atoms with Crippen molar-refractivity contribution in [3.05, 3.63) is 52.6 Å². The Balaban J connectivity index is 1.76. The molecule has 0 unspecified atom stereocenters. The van der Waals surface area contributed by atoms with Crippen LogP contribution in [-0.2, 0) is 7.05 Å². The van der Waals surface area contributed by atoms with E-state index in [1.807, 2.05) is 37.9 Å². The second-order valence-corrected chi connectivity index (χ2v) is 7.44. The van der Waals surface area contributed by atoms with Gasteiger partial charge in [-0.05, 0) is 26.3 Å². The normalized spacial score (nSPS) is 18.5. The summed E-state index contributed by atoms with van der Waals surface area (Å²) < 4.78 is 15.8. The quantitative estimate of drug-likeness (QED) is 0.834. The van der Waals surface area contributed by atoms with Crippen molar-refractivity contribution < 1.29 is 9.18 Å². The van der Waals surface area contributed by atoms with Crippen LogP contribution in [0.25, 0.3) is 0 Å². The fraction of sp³-hybridized carbons (Fsp3) is 0.444. The predicted molar refractivity (Wildman–Crippen MR) is 94.8 cm³/mol. The van der Waals surface area contributed by atoms with Gasteiger partial charge in [-0.25, -0.2) is 4.39 Å². The van der Waals surface area contributed by atoms with Crippen LogP contribution in [0.4, 0.5) is 4.39 Å². The molecule has 1 aromatic heterocycles. The Morgan fingerprint density at radius 1 is 1.29 bits per heavy atom. The van der Waals surface area contributed by atoms with Gasteiger partial charge in [0.2, 0.25) is 0 Å². The van der Waals surface area contributed by atoms with Crippen LogP contribution in [-0.4, -0.2) is 39.4 Å². The van der Waals surface area contributed by atoms with Crippen molar-refractivity contribution in [1.82, 2.24) is 14.7 Å². The first-order valence-corrected chi connectivity index (χ1v) is 9.19. The molecule has 1 aromatic carbocycles. The minimum Gasteiger partial charge on any atom is -0.338 e. The summed E-state index contributed by atoms with van der Waals surface area (Å²) in [6, 6.07) is 6.94. The third-order valence-corrected chi connectivity index (χ3v) is 5.91. The van der Waals surface area contributed by atoms with Crippen LogP contribution in [0.5, 0.6) is 0 Å². The minimum absolute atomic E-state index is 0.0351. The predicted octanol–water partition coefficient (Wildman–Crippen LogP) is 3.50. The van der Waals surface area contributed by atoms with E-state index in [4.69, 9.17) is 0 Å². The number of carbonyl (C=O) groups excluding carboxylic acids is 1. The summed E-state index contributed by atoms with van der Waals surface area (Å²) >= 11 is 1.73. The number of hydrogen-bond donors (Lipinski definition) is 0. The second-order valence-electron chi connectivity index (χ2n) is 6.13. The largest absolute Gasteiger partial charge is 0.338 e. The summed E-state index contributed by atoms with van der Waals surface area (Å²) in [5.41, 5.74) is 3.10. The van der Waals surface area contributed by atoms with E-state index in [9.17, 15) is 9.18 Å². The lowest BCUT2D eigenvalue weighted by atomic mass is 10.1. The van der Waals surface area contributed by atoms with Gasteiger partial charge in [-0.3, -0.25) is 9.48 Å². The molecule has 128 valence electrons. The zero-order valence-electron chi connectivity index (χ0n) is 14.3. The highest BCUT2D eigenvalue weighted by molar-refractivity contribution is 7.99. The van der Waals surface area contributed by atoms with Gasteiger partial charge in [0.15, 0.2) is 0 Å². The molecule has 1 aliphatic heterocycles. The summed E-state index contributed by atoms with van der Waals surface area (Å²) in [5, 5.41) is 4.44. The molecule has 24 heavy (non-hydrogen) atoms. The molecule has 2 aromatic rings. The van der Waals surface area contributed by atoms with E-state index in [1.165, 1.54) is 6.07 Å². The Bertz CT molecular complexity index is 759. The van der Waals surface area contributed by atoms with Crippen LogP contribution in [0.2, 0.25) is 0 Å². The molecule has 1 fully saturated rings. The Morgan fingerprint density at radius 3 is 2.71 bits per heavy atom. The highest BCUT2D eigenvalue weighted by Gasteiger charge is 2.27. The third-order valence-electron chi connectivity index (χ3n) is 4.60. The lowest BCUT2D eigenvalue weighted by Crippen LogP contribution is -2.33. The molecule has 2 heterocycles. The van der Waals surface area contributed by atoms with Gasteiger partial charge in [0.1, 0.15) is 5.82 Å². The average Bonchev–Trinajstić information content (AvgIpc) is 2.73. The maximum Gasteiger partial charge on any atom is 0.257 e. The molecule has 1 amide bonds. The highest BCUT2D eigenvalue weighted by atomic mass is 32.2. The summed E-state index contributed by atoms with van der Waals surface area (Å²) in [6.45, 7) is 5.11. The van der Waals surface area contributed by atoms with Crippen molar-refractivity contribution in [2.24, 2.45) is 7.05 Å². The van der Waals surface area contributed by atoms with Gasteiger partial charge in [-0.2, -0.15) is 16.9 Å². The average molecular weight is 347 g/mol. The molecule has 0 spiro atoms. The van der Waals surface area contributed by atoms with Gasteiger partial charge in [0, 0.05) is 42.4 Å². The molecule has 1 atom stereocenters. The van der Waals surface area contributed by atoms with Gasteiger partial charge < -0.3 is 4.90 Å². The first-order valence-electron chi connectivity index (χ1n) is 8.14. The van der Waals surface area contributed by atoms with E-state index < -0.39 is 0 Å². The molecule has 0 aliphatic carbocycles. The zero-order valence-corrected chi connectivity index (χ0v) is 15.1. The number of thioether (sulfide) groups is 1. The number of carbonyl (C=O) groups is 1. The van der Waals surface area contributed by atoms with Crippen LogP contribution in [0.15, 0.2) is 24.3 Å². The van der Waals surface area contributed by atoms with Crippen molar-refractivity contribution in [2.75, 3.05) is 18.8 Å². The lowest BCUT2D eigenvalue weighted by molar-refractivity contribution is 0.0765. The van der Waals surface area contributed by atoms with E-state index in [-0.39, 0.29) is 17.0 Å². The van der Waals surface area contributed by atoms with Gasteiger partial charge in [-0.15, -0.1) is 0 Å². The first kappa shape index (κ1) is 17.0. The van der Waals surface area contributed by atoms with Crippen molar-refractivity contribution in [3.63, 3.8) is 0 Å². The zero-order chi connectivity index (χ0) is 17.3. The van der Waals surface area contributed by atoms with E-state index in [0.29, 0.717) is 18.7 Å². The highest BCUT2D eigenvalue weighted by Crippen LogP contribution is 2.36. The third kappa shape index (κ3) is 3.20. The Hall–Kier alpha value is -1.82. The van der Waals surface area contributed by atoms with E-state index in [0.717, 1.165) is 29.1 Å². The SMILES string of the molecule is Cc1nn(C)c(C)c1C(=O)N1CCS[C@@H](c2ccccc2F)CC1. The number of aryl methyl sites for hydroxylation is 2. The molecule has 0 saturated carbocycles. The van der Waals surface area contributed by atoms with Gasteiger partial charge in [0.25, 0.3) is 5.91 Å². The van der Waals surface area contributed by atoms with Crippen molar-refractivity contribution in [1.29, 1.82) is 0 Å². The molecule has 4 nitrogen and oxygen atoms in total. The maximum atomic E-state index is 14.0. The monoisotopic (exact) mass is 347 g/mol. The van der Waals surface area contributed by atoms with E-state index in [1.54, 1.807) is 22.5 Å². The van der Waals surface area contributed by atoms with Crippen LogP contribution >= 0.6 is 11.8 Å². The van der Waals surface area contributed by atoms with Crippen molar-refractivity contribution >= 4 is 17.7 Å². The van der Waals surface area contributed by atoms with E-state index >= 15 is 0 Å². The Kier molecular flexibility index (Phi) is 4.94. The molecule has 3 rings (SSSR count). The maximum absolute atomic E-state index is 14.0. The first-order chi connectivity index (χ1) is 11.5. The molecule has 6 heteroatoms. The lowest BCUT2D eigenvalue weighted by Gasteiger charge is -2.20. The number of benzene rings is 1. The second kappa shape index (κ2) is 6.97. The van der Waals surface area contributed by atoms with Crippen molar-refractivity contribution in [2.45, 2.75) is 25.5 Å². The van der Waals surface area contributed by atoms with Crippen LogP contribution in [0, 0.1) is 19.7 Å². The van der Waals surface area contributed by atoms with Crippen LogP contribution < -0.4 is 0 Å². The smallest absolute Gasteiger partial charge is 0.257 e. The molecular formula is C18H22FN3OS. The fourth-order valence-electron chi connectivity index (χ4n) is 3.20. The number of aromatic nitrogens is 2. The van der Waals surface area contributed by atoms with Gasteiger partial charge in [-0.1, -0.05) is 18.2 Å². The minimum atomic E-state index is -0.159. The Labute approximate surface area is 146 Å². The molecule has 0 bridgehead atoms. The molecule has 0 N–H and O–H groups in total. The Morgan fingerprint density at radius 2 is 2.04 bits per heavy atom.